The van der Waals surface area contributed by atoms with Crippen LogP contribution in [0.2, 0.25) is 0 Å². The lowest BCUT2D eigenvalue weighted by molar-refractivity contribution is 0.234. The molecule has 1 N–H and O–H groups in total. The topological polar surface area (TPSA) is 12.0 Å². The van der Waals surface area contributed by atoms with Gasteiger partial charge in [-0.3, -0.25) is 0 Å². The third-order valence-electron chi connectivity index (χ3n) is 4.80. The Hall–Kier alpha value is -0.860. The fourth-order valence-corrected chi connectivity index (χ4v) is 4.58. The Kier molecular flexibility index (Phi) is 4.42. The van der Waals surface area contributed by atoms with E-state index in [2.05, 4.69) is 48.8 Å². The summed E-state index contributed by atoms with van der Waals surface area (Å²) in [7, 11) is 0. The number of fused-ring (bicyclic) bond motifs is 1. The predicted octanol–water partition coefficient (Wildman–Crippen LogP) is 5.38. The Morgan fingerprint density at radius 3 is 2.75 bits per heavy atom. The van der Waals surface area contributed by atoms with Crippen molar-refractivity contribution in [3.8, 4) is 0 Å². The van der Waals surface area contributed by atoms with E-state index in [1.807, 2.05) is 11.3 Å². The van der Waals surface area contributed by atoms with Crippen molar-refractivity contribution in [1.29, 1.82) is 0 Å². The van der Waals surface area contributed by atoms with Gasteiger partial charge in [-0.2, -0.15) is 0 Å². The third kappa shape index (κ3) is 2.77. The van der Waals surface area contributed by atoms with Crippen molar-refractivity contribution in [3.05, 3.63) is 35.2 Å². The van der Waals surface area contributed by atoms with E-state index in [4.69, 9.17) is 0 Å². The number of hydrogen-bond donors (Lipinski definition) is 1. The van der Waals surface area contributed by atoms with Gasteiger partial charge in [-0.05, 0) is 53.6 Å². The van der Waals surface area contributed by atoms with Gasteiger partial charge < -0.3 is 5.32 Å². The van der Waals surface area contributed by atoms with Crippen LogP contribution in [0.1, 0.15) is 51.1 Å². The molecule has 1 aromatic carbocycles. The fourth-order valence-electron chi connectivity index (χ4n) is 3.63. The van der Waals surface area contributed by atoms with Crippen LogP contribution in [0.3, 0.4) is 0 Å². The zero-order chi connectivity index (χ0) is 13.9. The molecule has 3 rings (SSSR count). The van der Waals surface area contributed by atoms with E-state index >= 15 is 0 Å². The standard InChI is InChI=1S/C18H25NS/c1-3-19-17(14-9-7-13(2)8-10-14)16-6-4-5-15-11-12-20-18(15)16/h4-6,11-14,17,19H,3,7-10H2,1-2H3. The molecule has 2 aromatic rings. The van der Waals surface area contributed by atoms with Crippen molar-refractivity contribution in [2.24, 2.45) is 11.8 Å². The van der Waals surface area contributed by atoms with Gasteiger partial charge in [0.2, 0.25) is 0 Å². The minimum absolute atomic E-state index is 0.537. The molecule has 1 heterocycles. The van der Waals surface area contributed by atoms with Crippen LogP contribution in [0.4, 0.5) is 0 Å². The average Bonchev–Trinajstić information content (AvgIpc) is 2.94. The second kappa shape index (κ2) is 6.28. The molecule has 20 heavy (non-hydrogen) atoms. The van der Waals surface area contributed by atoms with Crippen LogP contribution in [-0.4, -0.2) is 6.54 Å². The highest BCUT2D eigenvalue weighted by Crippen LogP contribution is 2.39. The Morgan fingerprint density at radius 1 is 1.20 bits per heavy atom. The van der Waals surface area contributed by atoms with Gasteiger partial charge in [-0.25, -0.2) is 0 Å². The fraction of sp³-hybridized carbons (Fsp3) is 0.556. The van der Waals surface area contributed by atoms with Crippen LogP contribution >= 0.6 is 11.3 Å². The molecule has 0 bridgehead atoms. The van der Waals surface area contributed by atoms with Gasteiger partial charge >= 0.3 is 0 Å². The van der Waals surface area contributed by atoms with E-state index in [0.29, 0.717) is 6.04 Å². The summed E-state index contributed by atoms with van der Waals surface area (Å²) < 4.78 is 1.48. The number of rotatable bonds is 4. The first-order valence-electron chi connectivity index (χ1n) is 7.99. The van der Waals surface area contributed by atoms with Crippen molar-refractivity contribution in [3.63, 3.8) is 0 Å². The summed E-state index contributed by atoms with van der Waals surface area (Å²) in [5, 5.41) is 7.40. The number of thiophene rings is 1. The Morgan fingerprint density at radius 2 is 2.00 bits per heavy atom. The maximum absolute atomic E-state index is 3.77. The van der Waals surface area contributed by atoms with Gasteiger partial charge in [0.05, 0.1) is 0 Å². The summed E-state index contributed by atoms with van der Waals surface area (Å²) in [6.07, 6.45) is 5.54. The van der Waals surface area contributed by atoms with E-state index < -0.39 is 0 Å². The summed E-state index contributed by atoms with van der Waals surface area (Å²) in [6, 6.07) is 9.58. The molecular weight excluding hydrogens is 262 g/mol. The van der Waals surface area contributed by atoms with Crippen LogP contribution in [0.25, 0.3) is 10.1 Å². The number of benzene rings is 1. The lowest BCUT2D eigenvalue weighted by atomic mass is 9.77. The Bertz CT molecular complexity index is 551. The molecule has 1 nitrogen and oxygen atoms in total. The molecule has 0 amide bonds. The van der Waals surface area contributed by atoms with Crippen molar-refractivity contribution < 1.29 is 0 Å². The first kappa shape index (κ1) is 14.1. The van der Waals surface area contributed by atoms with E-state index in [-0.39, 0.29) is 0 Å². The van der Waals surface area contributed by atoms with Crippen molar-refractivity contribution in [2.75, 3.05) is 6.54 Å². The van der Waals surface area contributed by atoms with Crippen LogP contribution in [0.5, 0.6) is 0 Å². The normalized spacial score (nSPS) is 24.9. The van der Waals surface area contributed by atoms with Crippen molar-refractivity contribution in [1.82, 2.24) is 5.32 Å². The van der Waals surface area contributed by atoms with E-state index in [1.165, 1.54) is 41.3 Å². The molecule has 1 aromatic heterocycles. The second-order valence-electron chi connectivity index (χ2n) is 6.24. The van der Waals surface area contributed by atoms with Gasteiger partial charge in [0.25, 0.3) is 0 Å². The molecule has 1 unspecified atom stereocenters. The van der Waals surface area contributed by atoms with Gasteiger partial charge in [-0.15, -0.1) is 11.3 Å². The molecule has 1 aliphatic rings. The quantitative estimate of drug-likeness (QED) is 0.796. The third-order valence-corrected chi connectivity index (χ3v) is 5.78. The van der Waals surface area contributed by atoms with Crippen LogP contribution in [0.15, 0.2) is 29.6 Å². The summed E-state index contributed by atoms with van der Waals surface area (Å²) >= 11 is 1.89. The van der Waals surface area contributed by atoms with E-state index in [1.54, 1.807) is 0 Å². The van der Waals surface area contributed by atoms with Crippen LogP contribution in [-0.2, 0) is 0 Å². The number of hydrogen-bond acceptors (Lipinski definition) is 2. The molecule has 1 aliphatic carbocycles. The van der Waals surface area contributed by atoms with E-state index in [9.17, 15) is 0 Å². The lowest BCUT2D eigenvalue weighted by Crippen LogP contribution is -2.30. The first-order chi connectivity index (χ1) is 9.79. The molecule has 0 radical (unpaired) electrons. The zero-order valence-electron chi connectivity index (χ0n) is 12.6. The van der Waals surface area contributed by atoms with Crippen LogP contribution in [0, 0.1) is 11.8 Å². The first-order valence-corrected chi connectivity index (χ1v) is 8.87. The SMILES string of the molecule is CCNC(c1cccc2ccsc12)C1CCC(C)CC1. The van der Waals surface area contributed by atoms with Gasteiger partial charge in [0.1, 0.15) is 0 Å². The maximum atomic E-state index is 3.77. The molecule has 1 saturated carbocycles. The molecule has 1 fully saturated rings. The molecule has 0 spiro atoms. The highest BCUT2D eigenvalue weighted by molar-refractivity contribution is 7.17. The summed E-state index contributed by atoms with van der Waals surface area (Å²) in [6.45, 7) is 5.68. The monoisotopic (exact) mass is 287 g/mol. The summed E-state index contributed by atoms with van der Waals surface area (Å²) in [5.41, 5.74) is 1.53. The number of nitrogens with one attached hydrogen (secondary N) is 1. The minimum Gasteiger partial charge on any atom is -0.310 e. The molecule has 0 aliphatic heterocycles. The zero-order valence-corrected chi connectivity index (χ0v) is 13.4. The van der Waals surface area contributed by atoms with Crippen molar-refractivity contribution >= 4 is 21.4 Å². The lowest BCUT2D eigenvalue weighted by Gasteiger charge is -2.33. The Labute approximate surface area is 126 Å². The highest BCUT2D eigenvalue weighted by Gasteiger charge is 2.27. The molecule has 1 atom stereocenters. The van der Waals surface area contributed by atoms with Gasteiger partial charge in [-0.1, -0.05) is 44.9 Å². The molecule has 2 heteroatoms. The van der Waals surface area contributed by atoms with Gasteiger partial charge in [0.15, 0.2) is 0 Å². The van der Waals surface area contributed by atoms with E-state index in [0.717, 1.165) is 18.4 Å². The largest absolute Gasteiger partial charge is 0.310 e. The molecular formula is C18H25NS. The molecule has 108 valence electrons. The minimum atomic E-state index is 0.537. The maximum Gasteiger partial charge on any atom is 0.0390 e. The molecule has 0 saturated heterocycles. The predicted molar refractivity (Wildman–Crippen MR) is 89.4 cm³/mol. The summed E-state index contributed by atoms with van der Waals surface area (Å²) in [5.74, 6) is 1.73. The van der Waals surface area contributed by atoms with Gasteiger partial charge in [0, 0.05) is 10.7 Å². The van der Waals surface area contributed by atoms with Crippen LogP contribution < -0.4 is 5.32 Å². The second-order valence-corrected chi connectivity index (χ2v) is 7.16. The smallest absolute Gasteiger partial charge is 0.0390 e. The average molecular weight is 287 g/mol. The van der Waals surface area contributed by atoms with Crippen molar-refractivity contribution in [2.45, 2.75) is 45.6 Å². The highest BCUT2D eigenvalue weighted by atomic mass is 32.1. The summed E-state index contributed by atoms with van der Waals surface area (Å²) in [4.78, 5) is 0. The Balaban J connectivity index is 1.91.